The Balaban J connectivity index is 1.46. The quantitative estimate of drug-likeness (QED) is 0.0817. The Labute approximate surface area is 288 Å². The van der Waals surface area contributed by atoms with Crippen molar-refractivity contribution in [2.24, 2.45) is 17.8 Å². The number of hydrogen-bond acceptors (Lipinski definition) is 6. The van der Waals surface area contributed by atoms with Crippen LogP contribution in [0.4, 0.5) is 33.3 Å². The molecule has 254 valence electrons. The third kappa shape index (κ3) is 4.21. The summed E-state index contributed by atoms with van der Waals surface area (Å²) in [6.45, 7) is 0. The summed E-state index contributed by atoms with van der Waals surface area (Å²) in [4.78, 5) is 51.6. The number of phenols is 1. The van der Waals surface area contributed by atoms with Gasteiger partial charge in [-0.05, 0) is 55.2 Å². The van der Waals surface area contributed by atoms with Crippen LogP contribution >= 0.6 is 34.8 Å². The van der Waals surface area contributed by atoms with Gasteiger partial charge in [-0.1, -0.05) is 29.3 Å². The Morgan fingerprint density at radius 2 is 1.43 bits per heavy atom. The third-order valence-electron chi connectivity index (χ3n) is 9.86. The van der Waals surface area contributed by atoms with Crippen molar-refractivity contribution >= 4 is 69.8 Å². The third-order valence-corrected chi connectivity index (χ3v) is 11.5. The zero-order valence-corrected chi connectivity index (χ0v) is 27.0. The van der Waals surface area contributed by atoms with Gasteiger partial charge in [0.2, 0.25) is 17.6 Å². The molecule has 3 aromatic rings. The molecule has 0 spiro atoms. The normalized spacial score (nSPS) is 29.2. The molecule has 2 saturated heterocycles. The average molecular weight is 742 g/mol. The van der Waals surface area contributed by atoms with E-state index in [1.807, 2.05) is 0 Å². The molecule has 3 fully saturated rings. The zero-order chi connectivity index (χ0) is 35.5. The SMILES string of the molecule is COc1cccc(O)c1C1C2=CCC3C(=O)N(c4ccc(Cl)cc4)C(=O)C3C2CC2(Cl)C(=O)N(c3c(F)c(F)c(F)c(F)c3F)C(=O)C12Cl. The van der Waals surface area contributed by atoms with Gasteiger partial charge in [0.25, 0.3) is 11.8 Å². The van der Waals surface area contributed by atoms with Crippen LogP contribution in [0.3, 0.4) is 0 Å². The van der Waals surface area contributed by atoms with Gasteiger partial charge in [-0.15, -0.1) is 23.2 Å². The van der Waals surface area contributed by atoms with Gasteiger partial charge >= 0.3 is 0 Å². The number of nitrogens with zero attached hydrogens (tertiary/aromatic N) is 2. The number of amides is 4. The first-order valence-electron chi connectivity index (χ1n) is 14.6. The van der Waals surface area contributed by atoms with Crippen molar-refractivity contribution in [1.82, 2.24) is 0 Å². The second kappa shape index (κ2) is 11.2. The molecule has 8 nitrogen and oxygen atoms in total. The highest BCUT2D eigenvalue weighted by atomic mass is 35.5. The van der Waals surface area contributed by atoms with E-state index in [0.717, 1.165) is 4.90 Å². The van der Waals surface area contributed by atoms with Gasteiger partial charge in [0.05, 0.1) is 24.6 Å². The van der Waals surface area contributed by atoms with Crippen LogP contribution in [0, 0.1) is 46.8 Å². The molecule has 0 radical (unpaired) electrons. The second-order valence-corrected chi connectivity index (χ2v) is 13.8. The van der Waals surface area contributed by atoms with Crippen LogP contribution in [0.15, 0.2) is 54.1 Å². The fourth-order valence-electron chi connectivity index (χ4n) is 7.73. The number of anilines is 2. The summed E-state index contributed by atoms with van der Waals surface area (Å²) in [6.07, 6.45) is 0.739. The summed E-state index contributed by atoms with van der Waals surface area (Å²) in [5.74, 6) is -22.7. The molecule has 16 heteroatoms. The fraction of sp³-hybridized carbons (Fsp3) is 0.273. The second-order valence-electron chi connectivity index (χ2n) is 12.1. The van der Waals surface area contributed by atoms with E-state index in [9.17, 15) is 37.5 Å². The number of halogens is 8. The van der Waals surface area contributed by atoms with E-state index < -0.39 is 104 Å². The summed E-state index contributed by atoms with van der Waals surface area (Å²) in [7, 11) is 1.21. The van der Waals surface area contributed by atoms with Gasteiger partial charge in [-0.2, -0.15) is 0 Å². The van der Waals surface area contributed by atoms with E-state index in [0.29, 0.717) is 5.02 Å². The molecular formula is C33H20Cl3F5N2O6. The molecule has 4 aliphatic rings. The monoisotopic (exact) mass is 740 g/mol. The van der Waals surface area contributed by atoms with Crippen LogP contribution in [0.25, 0.3) is 0 Å². The number of benzene rings is 3. The summed E-state index contributed by atoms with van der Waals surface area (Å²) in [6, 6.07) is 9.79. The number of hydrogen-bond donors (Lipinski definition) is 1. The van der Waals surface area contributed by atoms with Crippen LogP contribution in [-0.4, -0.2) is 45.6 Å². The van der Waals surface area contributed by atoms with Crippen LogP contribution in [0.5, 0.6) is 11.5 Å². The number of ether oxygens (including phenoxy) is 1. The first-order valence-corrected chi connectivity index (χ1v) is 15.7. The van der Waals surface area contributed by atoms with Gasteiger partial charge in [0.1, 0.15) is 17.2 Å². The van der Waals surface area contributed by atoms with Gasteiger partial charge in [0.15, 0.2) is 33.0 Å². The van der Waals surface area contributed by atoms with Gasteiger partial charge in [-0.25, -0.2) is 26.9 Å². The molecule has 6 unspecified atom stereocenters. The molecule has 0 aromatic heterocycles. The molecule has 0 bridgehead atoms. The van der Waals surface area contributed by atoms with E-state index in [1.165, 1.54) is 55.7 Å². The Bertz CT molecular complexity index is 2040. The number of phenolic OH excluding ortho intramolecular Hbond substituents is 1. The molecular weight excluding hydrogens is 722 g/mol. The lowest BCUT2D eigenvalue weighted by atomic mass is 9.56. The summed E-state index contributed by atoms with van der Waals surface area (Å²) in [5.41, 5.74) is -1.76. The number of rotatable bonds is 4. The minimum absolute atomic E-state index is 0.0800. The Hall–Kier alpha value is -4.20. The largest absolute Gasteiger partial charge is 0.508 e. The van der Waals surface area contributed by atoms with Crippen molar-refractivity contribution in [2.75, 3.05) is 16.9 Å². The predicted octanol–water partition coefficient (Wildman–Crippen LogP) is 6.52. The molecule has 4 amide bonds. The van der Waals surface area contributed by atoms with Crippen LogP contribution < -0.4 is 14.5 Å². The molecule has 1 saturated carbocycles. The number of carbonyl (C=O) groups excluding carboxylic acids is 4. The zero-order valence-electron chi connectivity index (χ0n) is 24.7. The van der Waals surface area contributed by atoms with E-state index in [-0.39, 0.29) is 33.9 Å². The van der Waals surface area contributed by atoms with Crippen molar-refractivity contribution in [3.63, 3.8) is 0 Å². The first-order chi connectivity index (χ1) is 23.1. The lowest BCUT2D eigenvalue weighted by Crippen LogP contribution is -2.60. The fourth-order valence-corrected chi connectivity index (χ4v) is 8.77. The molecule has 2 heterocycles. The molecule has 1 N–H and O–H groups in total. The molecule has 6 atom stereocenters. The molecule has 3 aromatic carbocycles. The molecule has 2 aliphatic heterocycles. The molecule has 7 rings (SSSR count). The predicted molar refractivity (Wildman–Crippen MR) is 165 cm³/mol. The smallest absolute Gasteiger partial charge is 0.258 e. The molecule has 49 heavy (non-hydrogen) atoms. The van der Waals surface area contributed by atoms with E-state index in [1.54, 1.807) is 0 Å². The topological polar surface area (TPSA) is 104 Å². The highest BCUT2D eigenvalue weighted by Gasteiger charge is 2.77. The number of carbonyl (C=O) groups is 4. The highest BCUT2D eigenvalue weighted by molar-refractivity contribution is 6.58. The average Bonchev–Trinajstić information content (AvgIpc) is 3.42. The summed E-state index contributed by atoms with van der Waals surface area (Å²) in [5, 5.41) is 11.5. The maximum atomic E-state index is 15.2. The van der Waals surface area contributed by atoms with Crippen molar-refractivity contribution < 1.29 is 51.0 Å². The Kier molecular flexibility index (Phi) is 7.58. The van der Waals surface area contributed by atoms with Crippen molar-refractivity contribution in [3.8, 4) is 11.5 Å². The number of alkyl halides is 2. The summed E-state index contributed by atoms with van der Waals surface area (Å²) < 4.78 is 78.7. The Morgan fingerprint density at radius 3 is 2.04 bits per heavy atom. The van der Waals surface area contributed by atoms with Crippen LogP contribution in [0.2, 0.25) is 5.02 Å². The van der Waals surface area contributed by atoms with Crippen molar-refractivity contribution in [2.45, 2.75) is 28.5 Å². The number of aromatic hydroxyl groups is 1. The van der Waals surface area contributed by atoms with Crippen molar-refractivity contribution in [1.29, 1.82) is 0 Å². The van der Waals surface area contributed by atoms with Gasteiger partial charge in [0, 0.05) is 16.5 Å². The maximum absolute atomic E-state index is 15.2. The highest BCUT2D eigenvalue weighted by Crippen LogP contribution is 2.67. The lowest BCUT2D eigenvalue weighted by Gasteiger charge is -2.50. The minimum Gasteiger partial charge on any atom is -0.508 e. The Morgan fingerprint density at radius 1 is 0.816 bits per heavy atom. The van der Waals surface area contributed by atoms with E-state index in [2.05, 4.69) is 0 Å². The van der Waals surface area contributed by atoms with E-state index in [4.69, 9.17) is 39.5 Å². The maximum Gasteiger partial charge on any atom is 0.258 e. The number of allylic oxidation sites excluding steroid dienone is 2. The number of fused-ring (bicyclic) bond motifs is 4. The number of methoxy groups -OCH3 is 1. The van der Waals surface area contributed by atoms with Crippen molar-refractivity contribution in [3.05, 3.63) is 93.8 Å². The standard InChI is InChI=1S/C33H20Cl3F5N2O6/c1-49-18-4-2-3-17(44)20(18)21-14-9-10-15-19(29(46)42(28(15)45)13-7-5-12(34)6-8-13)16(14)11-32(35)30(47)43(31(48)33(21,32)36)27-25(40)23(38)22(37)24(39)26(27)41/h2-9,15-16,19,21,44H,10-11H2,1H3. The first kappa shape index (κ1) is 33.3. The van der Waals surface area contributed by atoms with E-state index >= 15 is 8.78 Å². The van der Waals surface area contributed by atoms with Crippen LogP contribution in [-0.2, 0) is 19.2 Å². The van der Waals surface area contributed by atoms with Crippen LogP contribution in [0.1, 0.15) is 24.3 Å². The van der Waals surface area contributed by atoms with Gasteiger partial charge < -0.3 is 9.84 Å². The summed E-state index contributed by atoms with van der Waals surface area (Å²) >= 11 is 20.2. The molecule has 2 aliphatic carbocycles. The lowest BCUT2D eigenvalue weighted by molar-refractivity contribution is -0.125. The van der Waals surface area contributed by atoms with Gasteiger partial charge in [-0.3, -0.25) is 24.1 Å². The number of imide groups is 2. The minimum atomic E-state index is -2.81.